The number of benzene rings is 1. The molecule has 1 N–H and O–H groups in total. The first-order valence-corrected chi connectivity index (χ1v) is 8.79. The van der Waals surface area contributed by atoms with Gasteiger partial charge in [0.1, 0.15) is 0 Å². The van der Waals surface area contributed by atoms with Crippen molar-refractivity contribution in [1.29, 1.82) is 0 Å². The van der Waals surface area contributed by atoms with Crippen LogP contribution in [0.2, 0.25) is 0 Å². The standard InChI is InChI=1S/C20H21N3O3/c1-2-3-4-9-22-18(24)15-5-6-16-17(12-15)20(26)23(19(16)25)13-14-7-10-21-11-8-14/h5-8,10-12H,2-4,9,13H2,1H3,(H,22,24). The maximum Gasteiger partial charge on any atom is 0.261 e. The molecule has 1 aliphatic heterocycles. The summed E-state index contributed by atoms with van der Waals surface area (Å²) in [4.78, 5) is 42.5. The van der Waals surface area contributed by atoms with E-state index in [1.54, 1.807) is 36.7 Å². The quantitative estimate of drug-likeness (QED) is 0.614. The Bertz CT molecular complexity index is 833. The van der Waals surface area contributed by atoms with Crippen molar-refractivity contribution in [2.45, 2.75) is 32.7 Å². The van der Waals surface area contributed by atoms with Crippen LogP contribution < -0.4 is 5.32 Å². The van der Waals surface area contributed by atoms with Crippen molar-refractivity contribution >= 4 is 17.7 Å². The molecule has 0 fully saturated rings. The van der Waals surface area contributed by atoms with Gasteiger partial charge in [0.25, 0.3) is 17.7 Å². The molecular formula is C20H21N3O3. The monoisotopic (exact) mass is 351 g/mol. The number of hydrogen-bond donors (Lipinski definition) is 1. The van der Waals surface area contributed by atoms with E-state index < -0.39 is 0 Å². The number of pyridine rings is 1. The SMILES string of the molecule is CCCCCNC(=O)c1ccc2c(c1)C(=O)N(Cc1ccncc1)C2=O. The predicted molar refractivity (Wildman–Crippen MR) is 96.7 cm³/mol. The molecule has 134 valence electrons. The number of carbonyl (C=O) groups excluding carboxylic acids is 3. The second-order valence-electron chi connectivity index (χ2n) is 6.28. The van der Waals surface area contributed by atoms with Crippen molar-refractivity contribution in [2.24, 2.45) is 0 Å². The Balaban J connectivity index is 1.74. The van der Waals surface area contributed by atoms with Gasteiger partial charge in [0.2, 0.25) is 0 Å². The van der Waals surface area contributed by atoms with E-state index in [2.05, 4.69) is 17.2 Å². The normalized spacial score (nSPS) is 13.0. The molecule has 2 heterocycles. The van der Waals surface area contributed by atoms with Gasteiger partial charge < -0.3 is 5.32 Å². The average Bonchev–Trinajstić information content (AvgIpc) is 2.90. The molecule has 0 radical (unpaired) electrons. The van der Waals surface area contributed by atoms with Crippen LogP contribution in [-0.4, -0.2) is 34.2 Å². The summed E-state index contributed by atoms with van der Waals surface area (Å²) in [7, 11) is 0. The van der Waals surface area contributed by atoms with Crippen LogP contribution in [0.3, 0.4) is 0 Å². The Labute approximate surface area is 152 Å². The summed E-state index contributed by atoms with van der Waals surface area (Å²) in [6, 6.07) is 8.19. The van der Waals surface area contributed by atoms with Gasteiger partial charge in [0.15, 0.2) is 0 Å². The zero-order chi connectivity index (χ0) is 18.5. The van der Waals surface area contributed by atoms with E-state index in [0.29, 0.717) is 17.7 Å². The van der Waals surface area contributed by atoms with Crippen molar-refractivity contribution in [3.8, 4) is 0 Å². The summed E-state index contributed by atoms with van der Waals surface area (Å²) in [6.45, 7) is 2.89. The largest absolute Gasteiger partial charge is 0.352 e. The second kappa shape index (κ2) is 7.91. The van der Waals surface area contributed by atoms with Crippen LogP contribution in [0.4, 0.5) is 0 Å². The maximum absolute atomic E-state index is 12.6. The fourth-order valence-corrected chi connectivity index (χ4v) is 2.93. The van der Waals surface area contributed by atoms with E-state index >= 15 is 0 Å². The van der Waals surface area contributed by atoms with Gasteiger partial charge in [-0.05, 0) is 42.3 Å². The third kappa shape index (κ3) is 3.64. The molecule has 1 aromatic heterocycles. The lowest BCUT2D eigenvalue weighted by Crippen LogP contribution is -2.29. The van der Waals surface area contributed by atoms with Crippen LogP contribution in [0.1, 0.15) is 62.8 Å². The number of hydrogen-bond acceptors (Lipinski definition) is 4. The number of rotatable bonds is 7. The summed E-state index contributed by atoms with van der Waals surface area (Å²) in [5.74, 6) is -0.934. The van der Waals surface area contributed by atoms with Crippen molar-refractivity contribution in [3.63, 3.8) is 0 Å². The van der Waals surface area contributed by atoms with Crippen molar-refractivity contribution in [2.75, 3.05) is 6.54 Å². The van der Waals surface area contributed by atoms with Crippen molar-refractivity contribution < 1.29 is 14.4 Å². The lowest BCUT2D eigenvalue weighted by molar-refractivity contribution is 0.0642. The van der Waals surface area contributed by atoms with Gasteiger partial charge in [-0.2, -0.15) is 0 Å². The fourth-order valence-electron chi connectivity index (χ4n) is 2.93. The summed E-state index contributed by atoms with van der Waals surface area (Å²) in [6.07, 6.45) is 6.30. The first-order chi connectivity index (χ1) is 12.6. The maximum atomic E-state index is 12.6. The Morgan fingerprint density at radius 3 is 2.50 bits per heavy atom. The molecule has 0 unspecified atom stereocenters. The molecule has 6 heteroatoms. The van der Waals surface area contributed by atoms with Gasteiger partial charge in [-0.15, -0.1) is 0 Å². The third-order valence-electron chi connectivity index (χ3n) is 4.39. The number of fused-ring (bicyclic) bond motifs is 1. The number of imide groups is 1. The minimum absolute atomic E-state index is 0.188. The molecule has 0 aliphatic carbocycles. The highest BCUT2D eigenvalue weighted by atomic mass is 16.2. The molecule has 1 aliphatic rings. The first kappa shape index (κ1) is 17.8. The Morgan fingerprint density at radius 2 is 1.77 bits per heavy atom. The van der Waals surface area contributed by atoms with Gasteiger partial charge in [-0.1, -0.05) is 19.8 Å². The van der Waals surface area contributed by atoms with Crippen LogP contribution in [-0.2, 0) is 6.54 Å². The van der Waals surface area contributed by atoms with Crippen molar-refractivity contribution in [1.82, 2.24) is 15.2 Å². The van der Waals surface area contributed by atoms with Gasteiger partial charge in [0, 0.05) is 24.5 Å². The Hall–Kier alpha value is -3.02. The number of nitrogens with one attached hydrogen (secondary N) is 1. The minimum Gasteiger partial charge on any atom is -0.352 e. The lowest BCUT2D eigenvalue weighted by atomic mass is 10.1. The molecule has 6 nitrogen and oxygen atoms in total. The molecule has 0 spiro atoms. The second-order valence-corrected chi connectivity index (χ2v) is 6.28. The van der Waals surface area contributed by atoms with Crippen molar-refractivity contribution in [3.05, 3.63) is 65.0 Å². The Kier molecular flexibility index (Phi) is 5.41. The molecule has 0 bridgehead atoms. The summed E-state index contributed by atoms with van der Waals surface area (Å²) < 4.78 is 0. The zero-order valence-corrected chi connectivity index (χ0v) is 14.7. The molecule has 3 rings (SSSR count). The van der Waals surface area contributed by atoms with Gasteiger partial charge in [-0.3, -0.25) is 24.3 Å². The average molecular weight is 351 g/mol. The molecule has 2 aromatic rings. The molecule has 0 atom stereocenters. The van der Waals surface area contributed by atoms with E-state index in [0.717, 1.165) is 24.8 Å². The molecule has 0 saturated carbocycles. The number of amides is 3. The number of unbranched alkanes of at least 4 members (excludes halogenated alkanes) is 2. The summed E-state index contributed by atoms with van der Waals surface area (Å²) >= 11 is 0. The molecular weight excluding hydrogens is 330 g/mol. The highest BCUT2D eigenvalue weighted by Gasteiger charge is 2.35. The summed E-state index contributed by atoms with van der Waals surface area (Å²) in [5.41, 5.74) is 1.84. The predicted octanol–water partition coefficient (Wildman–Crippen LogP) is 2.80. The number of aromatic nitrogens is 1. The van der Waals surface area contributed by atoms with Crippen LogP contribution in [0.5, 0.6) is 0 Å². The van der Waals surface area contributed by atoms with Crippen LogP contribution in [0, 0.1) is 0 Å². The third-order valence-corrected chi connectivity index (χ3v) is 4.39. The summed E-state index contributed by atoms with van der Waals surface area (Å²) in [5, 5.41) is 2.85. The lowest BCUT2D eigenvalue weighted by Gasteiger charge is -2.13. The van der Waals surface area contributed by atoms with Crippen LogP contribution >= 0.6 is 0 Å². The highest BCUT2D eigenvalue weighted by molar-refractivity contribution is 6.22. The molecule has 0 saturated heterocycles. The minimum atomic E-state index is -0.373. The van der Waals surface area contributed by atoms with Gasteiger partial charge in [0.05, 0.1) is 17.7 Å². The van der Waals surface area contributed by atoms with E-state index in [-0.39, 0.29) is 29.8 Å². The smallest absolute Gasteiger partial charge is 0.261 e. The van der Waals surface area contributed by atoms with E-state index in [1.165, 1.54) is 11.0 Å². The van der Waals surface area contributed by atoms with E-state index in [4.69, 9.17) is 0 Å². The topological polar surface area (TPSA) is 79.4 Å². The first-order valence-electron chi connectivity index (χ1n) is 8.79. The number of carbonyl (C=O) groups is 3. The molecule has 26 heavy (non-hydrogen) atoms. The highest BCUT2D eigenvalue weighted by Crippen LogP contribution is 2.25. The van der Waals surface area contributed by atoms with Gasteiger partial charge >= 0.3 is 0 Å². The van der Waals surface area contributed by atoms with Crippen LogP contribution in [0.25, 0.3) is 0 Å². The fraction of sp³-hybridized carbons (Fsp3) is 0.300. The zero-order valence-electron chi connectivity index (χ0n) is 14.7. The Morgan fingerprint density at radius 1 is 1.04 bits per heavy atom. The van der Waals surface area contributed by atoms with Gasteiger partial charge in [-0.25, -0.2) is 0 Å². The van der Waals surface area contributed by atoms with Crippen LogP contribution in [0.15, 0.2) is 42.7 Å². The molecule has 3 amide bonds. The molecule has 1 aromatic carbocycles. The van der Waals surface area contributed by atoms with E-state index in [1.807, 2.05) is 0 Å². The number of nitrogens with zero attached hydrogens (tertiary/aromatic N) is 2. The van der Waals surface area contributed by atoms with E-state index in [9.17, 15) is 14.4 Å².